The lowest BCUT2D eigenvalue weighted by Crippen LogP contribution is -2.26. The van der Waals surface area contributed by atoms with E-state index in [9.17, 15) is 4.79 Å². The summed E-state index contributed by atoms with van der Waals surface area (Å²) < 4.78 is 7.36. The second kappa shape index (κ2) is 8.03. The first-order valence-electron chi connectivity index (χ1n) is 8.80. The van der Waals surface area contributed by atoms with Gasteiger partial charge in [-0.2, -0.15) is 0 Å². The molecule has 0 unspecified atom stereocenters. The van der Waals surface area contributed by atoms with Crippen LogP contribution < -0.4 is 5.32 Å². The van der Waals surface area contributed by atoms with Gasteiger partial charge in [0.05, 0.1) is 5.69 Å². The lowest BCUT2D eigenvalue weighted by molar-refractivity contribution is 0.0951. The van der Waals surface area contributed by atoms with E-state index in [-0.39, 0.29) is 5.91 Å². The molecule has 0 saturated heterocycles. The van der Waals surface area contributed by atoms with Crippen LogP contribution >= 0.6 is 11.8 Å². The monoisotopic (exact) mass is 363 g/mol. The fraction of sp³-hybridized carbons (Fsp3) is 0.647. The molecule has 3 rings (SSSR count). The summed E-state index contributed by atoms with van der Waals surface area (Å²) in [7, 11) is 0. The number of thioether (sulfide) groups is 1. The molecular formula is C17H25N5O2S. The summed E-state index contributed by atoms with van der Waals surface area (Å²) in [5, 5.41) is 16.5. The molecule has 0 bridgehead atoms. The number of carbonyl (C=O) groups is 1. The highest BCUT2D eigenvalue weighted by Gasteiger charge is 2.23. The zero-order valence-corrected chi connectivity index (χ0v) is 15.9. The van der Waals surface area contributed by atoms with Gasteiger partial charge in [-0.1, -0.05) is 29.8 Å². The highest BCUT2D eigenvalue weighted by molar-refractivity contribution is 7.98. The molecule has 0 spiro atoms. The number of carbonyl (C=O) groups excluding carboxylic acids is 1. The van der Waals surface area contributed by atoms with E-state index in [1.165, 1.54) is 25.7 Å². The first-order chi connectivity index (χ1) is 12.1. The SMILES string of the molecule is CSc1nnc(CCCNC(=O)c2c(C)noc2C)n1C1CCCC1. The van der Waals surface area contributed by atoms with Crippen molar-refractivity contribution in [1.29, 1.82) is 0 Å². The number of aryl methyl sites for hydroxylation is 3. The van der Waals surface area contributed by atoms with Crippen molar-refractivity contribution < 1.29 is 9.32 Å². The Morgan fingerprint density at radius 3 is 2.72 bits per heavy atom. The highest BCUT2D eigenvalue weighted by Crippen LogP contribution is 2.33. The van der Waals surface area contributed by atoms with Crippen LogP contribution in [-0.2, 0) is 6.42 Å². The van der Waals surface area contributed by atoms with Crippen molar-refractivity contribution in [3.05, 3.63) is 22.8 Å². The van der Waals surface area contributed by atoms with Crippen molar-refractivity contribution in [2.75, 3.05) is 12.8 Å². The van der Waals surface area contributed by atoms with Crippen molar-refractivity contribution >= 4 is 17.7 Å². The van der Waals surface area contributed by atoms with Gasteiger partial charge in [0.1, 0.15) is 17.1 Å². The van der Waals surface area contributed by atoms with E-state index in [0.717, 1.165) is 23.8 Å². The van der Waals surface area contributed by atoms with Gasteiger partial charge in [0.15, 0.2) is 5.16 Å². The number of amides is 1. The van der Waals surface area contributed by atoms with Gasteiger partial charge in [-0.05, 0) is 39.4 Å². The standard InChI is InChI=1S/C17H25N5O2S/c1-11-15(12(2)24-21-11)16(23)18-10-6-9-14-19-20-17(25-3)22(14)13-7-4-5-8-13/h13H,4-10H2,1-3H3,(H,18,23). The molecule has 1 amide bonds. The Morgan fingerprint density at radius 1 is 1.32 bits per heavy atom. The Bertz CT molecular complexity index is 714. The van der Waals surface area contributed by atoms with Crippen LogP contribution in [0.2, 0.25) is 0 Å². The van der Waals surface area contributed by atoms with Crippen molar-refractivity contribution in [2.45, 2.75) is 63.6 Å². The van der Waals surface area contributed by atoms with E-state index in [1.54, 1.807) is 25.6 Å². The van der Waals surface area contributed by atoms with Gasteiger partial charge in [-0.3, -0.25) is 4.79 Å². The third-order valence-electron chi connectivity index (χ3n) is 4.73. The maximum Gasteiger partial charge on any atom is 0.256 e. The Balaban J connectivity index is 1.56. The van der Waals surface area contributed by atoms with Crippen LogP contribution in [0.25, 0.3) is 0 Å². The smallest absolute Gasteiger partial charge is 0.256 e. The molecule has 7 nitrogen and oxygen atoms in total. The quantitative estimate of drug-likeness (QED) is 0.601. The summed E-state index contributed by atoms with van der Waals surface area (Å²) in [6.45, 7) is 4.12. The fourth-order valence-electron chi connectivity index (χ4n) is 3.49. The molecule has 0 aromatic carbocycles. The lowest BCUT2D eigenvalue weighted by Gasteiger charge is -2.16. The number of hydrogen-bond acceptors (Lipinski definition) is 6. The maximum absolute atomic E-state index is 12.2. The average molecular weight is 363 g/mol. The number of aromatic nitrogens is 4. The molecule has 2 aromatic heterocycles. The van der Waals surface area contributed by atoms with Crippen molar-refractivity contribution in [1.82, 2.24) is 25.2 Å². The molecule has 1 N–H and O–H groups in total. The largest absolute Gasteiger partial charge is 0.361 e. The summed E-state index contributed by atoms with van der Waals surface area (Å²) in [4.78, 5) is 12.2. The predicted octanol–water partition coefficient (Wildman–Crippen LogP) is 3.08. The summed E-state index contributed by atoms with van der Waals surface area (Å²) in [5.74, 6) is 1.46. The molecule has 8 heteroatoms. The summed E-state index contributed by atoms with van der Waals surface area (Å²) in [6, 6.07) is 0.532. The van der Waals surface area contributed by atoms with E-state index in [2.05, 4.69) is 25.2 Å². The van der Waals surface area contributed by atoms with E-state index in [0.29, 0.717) is 29.6 Å². The Hall–Kier alpha value is -1.83. The van der Waals surface area contributed by atoms with Crippen LogP contribution in [0.5, 0.6) is 0 Å². The van der Waals surface area contributed by atoms with Crippen molar-refractivity contribution in [3.63, 3.8) is 0 Å². The van der Waals surface area contributed by atoms with E-state index in [1.807, 2.05) is 6.26 Å². The molecule has 136 valence electrons. The molecule has 2 aromatic rings. The predicted molar refractivity (Wildman–Crippen MR) is 95.9 cm³/mol. The van der Waals surface area contributed by atoms with Gasteiger partial charge in [-0.15, -0.1) is 10.2 Å². The van der Waals surface area contributed by atoms with Gasteiger partial charge < -0.3 is 14.4 Å². The molecule has 1 fully saturated rings. The normalized spacial score (nSPS) is 15.0. The fourth-order valence-corrected chi connectivity index (χ4v) is 4.06. The molecule has 1 aliphatic carbocycles. The van der Waals surface area contributed by atoms with Gasteiger partial charge >= 0.3 is 0 Å². The second-order valence-electron chi connectivity index (χ2n) is 6.47. The van der Waals surface area contributed by atoms with Crippen LogP contribution in [-0.4, -0.2) is 38.6 Å². The Morgan fingerprint density at radius 2 is 2.08 bits per heavy atom. The summed E-state index contributed by atoms with van der Waals surface area (Å²) >= 11 is 1.65. The maximum atomic E-state index is 12.2. The van der Waals surface area contributed by atoms with E-state index >= 15 is 0 Å². The van der Waals surface area contributed by atoms with Crippen LogP contribution in [0, 0.1) is 13.8 Å². The van der Waals surface area contributed by atoms with Crippen molar-refractivity contribution in [2.24, 2.45) is 0 Å². The van der Waals surface area contributed by atoms with Gasteiger partial charge in [0, 0.05) is 19.0 Å². The molecule has 1 saturated carbocycles. The number of nitrogens with zero attached hydrogens (tertiary/aromatic N) is 4. The van der Waals surface area contributed by atoms with Gasteiger partial charge in [0.2, 0.25) is 0 Å². The Labute approximate surface area is 151 Å². The van der Waals surface area contributed by atoms with Crippen LogP contribution in [0.1, 0.15) is 65.8 Å². The number of rotatable bonds is 7. The van der Waals surface area contributed by atoms with Crippen LogP contribution in [0.3, 0.4) is 0 Å². The molecular weight excluding hydrogens is 338 g/mol. The minimum atomic E-state index is -0.127. The molecule has 25 heavy (non-hydrogen) atoms. The topological polar surface area (TPSA) is 85.8 Å². The van der Waals surface area contributed by atoms with E-state index < -0.39 is 0 Å². The minimum absolute atomic E-state index is 0.127. The minimum Gasteiger partial charge on any atom is -0.361 e. The Kier molecular flexibility index (Phi) is 5.78. The molecule has 1 aliphatic rings. The molecule has 2 heterocycles. The summed E-state index contributed by atoms with van der Waals surface area (Å²) in [5.41, 5.74) is 1.17. The van der Waals surface area contributed by atoms with Gasteiger partial charge in [-0.25, -0.2) is 0 Å². The first-order valence-corrected chi connectivity index (χ1v) is 10.0. The van der Waals surface area contributed by atoms with E-state index in [4.69, 9.17) is 4.52 Å². The molecule has 0 atom stereocenters. The molecule has 0 aliphatic heterocycles. The van der Waals surface area contributed by atoms with Gasteiger partial charge in [0.25, 0.3) is 5.91 Å². The van der Waals surface area contributed by atoms with Crippen LogP contribution in [0.4, 0.5) is 0 Å². The first kappa shape index (κ1) is 18.0. The summed E-state index contributed by atoms with van der Waals surface area (Å²) in [6.07, 6.45) is 8.67. The average Bonchev–Trinajstić information content (AvgIpc) is 3.31. The third-order valence-corrected chi connectivity index (χ3v) is 5.37. The highest BCUT2D eigenvalue weighted by atomic mass is 32.2. The molecule has 0 radical (unpaired) electrons. The van der Waals surface area contributed by atoms with Crippen molar-refractivity contribution in [3.8, 4) is 0 Å². The van der Waals surface area contributed by atoms with Crippen LogP contribution in [0.15, 0.2) is 9.68 Å². The number of nitrogens with one attached hydrogen (secondary N) is 1. The number of hydrogen-bond donors (Lipinski definition) is 1. The second-order valence-corrected chi connectivity index (χ2v) is 7.24. The zero-order chi connectivity index (χ0) is 17.8. The zero-order valence-electron chi connectivity index (χ0n) is 15.0. The third kappa shape index (κ3) is 3.89. The lowest BCUT2D eigenvalue weighted by atomic mass is 10.2.